The van der Waals surface area contributed by atoms with Crippen molar-refractivity contribution in [1.29, 1.82) is 0 Å². The number of rotatable bonds is 4. The summed E-state index contributed by atoms with van der Waals surface area (Å²) in [5, 5.41) is 0. The molecule has 0 radical (unpaired) electrons. The molecule has 3 heterocycles. The average molecular weight is 312 g/mol. The fourth-order valence-corrected chi connectivity index (χ4v) is 3.38. The van der Waals surface area contributed by atoms with Gasteiger partial charge in [0.2, 0.25) is 5.91 Å². The maximum absolute atomic E-state index is 12.5. The summed E-state index contributed by atoms with van der Waals surface area (Å²) in [5.74, 6) is 1.70. The number of aromatic nitrogens is 3. The normalized spacial score (nSPS) is 18.2. The molecule has 5 nitrogen and oxygen atoms in total. The van der Waals surface area contributed by atoms with Crippen molar-refractivity contribution in [2.75, 3.05) is 13.1 Å². The molecule has 0 aromatic carbocycles. The monoisotopic (exact) mass is 312 g/mol. The van der Waals surface area contributed by atoms with Crippen LogP contribution in [0.4, 0.5) is 0 Å². The fourth-order valence-electron chi connectivity index (χ4n) is 3.38. The molecule has 0 spiro atoms. The van der Waals surface area contributed by atoms with Crippen molar-refractivity contribution in [3.8, 4) is 0 Å². The van der Waals surface area contributed by atoms with Gasteiger partial charge in [-0.2, -0.15) is 0 Å². The summed E-state index contributed by atoms with van der Waals surface area (Å²) in [6.45, 7) is 3.67. The molecular weight excluding hydrogens is 288 g/mol. The van der Waals surface area contributed by atoms with Crippen molar-refractivity contribution in [2.24, 2.45) is 7.05 Å². The maximum atomic E-state index is 12.5. The molecule has 1 aliphatic heterocycles. The van der Waals surface area contributed by atoms with Crippen LogP contribution >= 0.6 is 0 Å². The molecule has 1 atom stereocenters. The highest BCUT2D eigenvalue weighted by Gasteiger charge is 2.27. The molecule has 1 aliphatic rings. The number of aryl methyl sites for hydroxylation is 3. The highest BCUT2D eigenvalue weighted by Crippen LogP contribution is 2.26. The quantitative estimate of drug-likeness (QED) is 0.871. The topological polar surface area (TPSA) is 51.0 Å². The van der Waals surface area contributed by atoms with E-state index in [1.165, 1.54) is 0 Å². The van der Waals surface area contributed by atoms with Crippen LogP contribution in [0.5, 0.6) is 0 Å². The number of imidazole rings is 1. The largest absolute Gasteiger partial charge is 0.342 e. The minimum absolute atomic E-state index is 0.240. The van der Waals surface area contributed by atoms with E-state index in [9.17, 15) is 4.79 Å². The van der Waals surface area contributed by atoms with E-state index in [2.05, 4.69) is 20.7 Å². The Balaban J connectivity index is 1.59. The van der Waals surface area contributed by atoms with Gasteiger partial charge >= 0.3 is 0 Å². The number of hydrogen-bond acceptors (Lipinski definition) is 3. The van der Waals surface area contributed by atoms with Gasteiger partial charge in [-0.05, 0) is 37.8 Å². The highest BCUT2D eigenvalue weighted by molar-refractivity contribution is 5.76. The Kier molecular flexibility index (Phi) is 4.74. The molecule has 1 amide bonds. The molecule has 2 aromatic rings. The SMILES string of the molecule is Cc1cn(C)c(C2CCCN(C(=O)CCc3cccnc3)C2)n1. The third kappa shape index (κ3) is 3.78. The number of hydrogen-bond donors (Lipinski definition) is 0. The molecule has 122 valence electrons. The zero-order valence-corrected chi connectivity index (χ0v) is 13.9. The van der Waals surface area contributed by atoms with Crippen LogP contribution in [0.1, 0.15) is 42.3 Å². The van der Waals surface area contributed by atoms with Crippen LogP contribution < -0.4 is 0 Å². The second-order valence-electron chi connectivity index (χ2n) is 6.39. The van der Waals surface area contributed by atoms with Gasteiger partial charge in [0.05, 0.1) is 5.69 Å². The number of carbonyl (C=O) groups excluding carboxylic acids is 1. The fraction of sp³-hybridized carbons (Fsp3) is 0.500. The number of carbonyl (C=O) groups is 1. The van der Waals surface area contributed by atoms with Crippen molar-refractivity contribution < 1.29 is 4.79 Å². The Bertz CT molecular complexity index is 665. The summed E-state index contributed by atoms with van der Waals surface area (Å²) in [6, 6.07) is 3.94. The zero-order valence-electron chi connectivity index (χ0n) is 13.9. The smallest absolute Gasteiger partial charge is 0.222 e. The number of pyridine rings is 1. The lowest BCUT2D eigenvalue weighted by Crippen LogP contribution is -2.39. The number of likely N-dealkylation sites (tertiary alicyclic amines) is 1. The Morgan fingerprint density at radius 2 is 2.30 bits per heavy atom. The lowest BCUT2D eigenvalue weighted by molar-refractivity contribution is -0.132. The predicted molar refractivity (Wildman–Crippen MR) is 89.1 cm³/mol. The van der Waals surface area contributed by atoms with E-state index >= 15 is 0 Å². The molecule has 0 bridgehead atoms. The van der Waals surface area contributed by atoms with Crippen LogP contribution in [0.2, 0.25) is 0 Å². The summed E-state index contributed by atoms with van der Waals surface area (Å²) in [5.41, 5.74) is 2.16. The third-order valence-electron chi connectivity index (χ3n) is 4.52. The van der Waals surface area contributed by atoms with Crippen LogP contribution in [0.25, 0.3) is 0 Å². The molecular formula is C18H24N4O. The molecule has 3 rings (SSSR count). The molecule has 0 aliphatic carbocycles. The van der Waals surface area contributed by atoms with Crippen molar-refractivity contribution in [3.63, 3.8) is 0 Å². The number of amides is 1. The molecule has 1 saturated heterocycles. The second-order valence-corrected chi connectivity index (χ2v) is 6.39. The van der Waals surface area contributed by atoms with Crippen molar-refractivity contribution >= 4 is 5.91 Å². The van der Waals surface area contributed by atoms with E-state index in [1.54, 1.807) is 6.20 Å². The van der Waals surface area contributed by atoms with Crippen molar-refractivity contribution in [2.45, 2.75) is 38.5 Å². The van der Waals surface area contributed by atoms with Gasteiger partial charge in [0.25, 0.3) is 0 Å². The van der Waals surface area contributed by atoms with E-state index in [4.69, 9.17) is 0 Å². The van der Waals surface area contributed by atoms with E-state index in [0.29, 0.717) is 12.3 Å². The summed E-state index contributed by atoms with van der Waals surface area (Å²) in [6.07, 6.45) is 9.12. The summed E-state index contributed by atoms with van der Waals surface area (Å²) < 4.78 is 2.10. The van der Waals surface area contributed by atoms with Gasteiger partial charge in [-0.3, -0.25) is 9.78 Å². The first kappa shape index (κ1) is 15.7. The Morgan fingerprint density at radius 3 is 3.00 bits per heavy atom. The van der Waals surface area contributed by atoms with Crippen LogP contribution in [0.3, 0.4) is 0 Å². The maximum Gasteiger partial charge on any atom is 0.222 e. The lowest BCUT2D eigenvalue weighted by Gasteiger charge is -2.32. The minimum Gasteiger partial charge on any atom is -0.342 e. The third-order valence-corrected chi connectivity index (χ3v) is 4.52. The van der Waals surface area contributed by atoms with E-state index in [-0.39, 0.29) is 5.91 Å². The number of nitrogens with zero attached hydrogens (tertiary/aromatic N) is 4. The molecule has 2 aromatic heterocycles. The summed E-state index contributed by atoms with van der Waals surface area (Å²) in [7, 11) is 2.04. The van der Waals surface area contributed by atoms with E-state index < -0.39 is 0 Å². The molecule has 1 unspecified atom stereocenters. The van der Waals surface area contributed by atoms with Gasteiger partial charge in [-0.15, -0.1) is 0 Å². The molecule has 0 N–H and O–H groups in total. The van der Waals surface area contributed by atoms with Gasteiger partial charge in [-0.1, -0.05) is 6.07 Å². The lowest BCUT2D eigenvalue weighted by atomic mass is 9.96. The Hall–Kier alpha value is -2.17. The van der Waals surface area contributed by atoms with Gasteiger partial charge in [0, 0.05) is 51.1 Å². The predicted octanol–water partition coefficient (Wildman–Crippen LogP) is 2.46. The van der Waals surface area contributed by atoms with Crippen LogP contribution in [-0.2, 0) is 18.3 Å². The van der Waals surface area contributed by atoms with Gasteiger partial charge in [-0.25, -0.2) is 4.98 Å². The Labute approximate surface area is 137 Å². The first-order valence-corrected chi connectivity index (χ1v) is 8.30. The van der Waals surface area contributed by atoms with Crippen LogP contribution in [0.15, 0.2) is 30.7 Å². The first-order chi connectivity index (χ1) is 11.1. The van der Waals surface area contributed by atoms with Crippen molar-refractivity contribution in [1.82, 2.24) is 19.4 Å². The van der Waals surface area contributed by atoms with Crippen LogP contribution in [-0.4, -0.2) is 38.4 Å². The second kappa shape index (κ2) is 6.94. The molecule has 23 heavy (non-hydrogen) atoms. The molecule has 0 saturated carbocycles. The standard InChI is InChI=1S/C18H24N4O/c1-14-12-21(2)18(20-14)16-6-4-10-22(13-16)17(23)8-7-15-5-3-9-19-11-15/h3,5,9,11-12,16H,4,6-8,10,13H2,1-2H3. The molecule has 1 fully saturated rings. The minimum atomic E-state index is 0.240. The first-order valence-electron chi connectivity index (χ1n) is 8.30. The molecule has 5 heteroatoms. The van der Waals surface area contributed by atoms with Crippen LogP contribution in [0, 0.1) is 6.92 Å². The highest BCUT2D eigenvalue weighted by atomic mass is 16.2. The van der Waals surface area contributed by atoms with Gasteiger partial charge in [0.15, 0.2) is 0 Å². The van der Waals surface area contributed by atoms with E-state index in [0.717, 1.165) is 49.4 Å². The average Bonchev–Trinajstić information content (AvgIpc) is 2.92. The zero-order chi connectivity index (χ0) is 16.2. The van der Waals surface area contributed by atoms with E-state index in [1.807, 2.05) is 37.2 Å². The Morgan fingerprint density at radius 1 is 1.43 bits per heavy atom. The number of piperidine rings is 1. The summed E-state index contributed by atoms with van der Waals surface area (Å²) in [4.78, 5) is 23.3. The van der Waals surface area contributed by atoms with Gasteiger partial charge in [0.1, 0.15) is 5.82 Å². The summed E-state index contributed by atoms with van der Waals surface area (Å²) >= 11 is 0. The van der Waals surface area contributed by atoms with Crippen molar-refractivity contribution in [3.05, 3.63) is 47.8 Å². The van der Waals surface area contributed by atoms with Gasteiger partial charge < -0.3 is 9.47 Å².